The van der Waals surface area contributed by atoms with Crippen LogP contribution in [0.5, 0.6) is 0 Å². The third-order valence-electron chi connectivity index (χ3n) is 3.04. The van der Waals surface area contributed by atoms with E-state index in [1.165, 1.54) is 6.04 Å². The Morgan fingerprint density at radius 1 is 0.905 bits per heavy atom. The predicted octanol–water partition coefficient (Wildman–Crippen LogP) is 3.72. The minimum Gasteiger partial charge on any atom is -0.383 e. The average Bonchev–Trinajstić information content (AvgIpc) is 2.28. The van der Waals surface area contributed by atoms with Crippen molar-refractivity contribution in [2.45, 2.75) is 45.3 Å². The number of methoxy groups -OCH3 is 2. The third-order valence-corrected chi connectivity index (χ3v) is 5.83. The molecule has 0 saturated heterocycles. The van der Waals surface area contributed by atoms with Gasteiger partial charge in [-0.3, -0.25) is 4.90 Å². The smallest absolute Gasteiger partial charge is 0.0686 e. The minimum absolute atomic E-state index is 0.789. The highest BCUT2D eigenvalue weighted by molar-refractivity contribution is 6.81. The van der Waals surface area contributed by atoms with Gasteiger partial charge in [0.25, 0.3) is 0 Å². The fourth-order valence-corrected chi connectivity index (χ4v) is 5.64. The highest BCUT2D eigenvalue weighted by Gasteiger charge is 2.20. The summed E-state index contributed by atoms with van der Waals surface area (Å²) in [7, 11) is 1.28. The van der Waals surface area contributed by atoms with E-state index in [1.54, 1.807) is 19.8 Å². The molecule has 0 fully saturated rings. The molecule has 0 bridgehead atoms. The van der Waals surface area contributed by atoms with Crippen molar-refractivity contribution >= 4 is 16.1 Å². The first kappa shape index (κ1) is 21.1. The maximum absolute atomic E-state index is 5.25. The summed E-state index contributed by atoms with van der Waals surface area (Å²) in [6.07, 6.45) is 0. The van der Waals surface area contributed by atoms with Crippen LogP contribution in [0.4, 0.5) is 0 Å². The predicted molar refractivity (Wildman–Crippen MR) is 99.8 cm³/mol. The van der Waals surface area contributed by atoms with Crippen LogP contribution in [0.25, 0.3) is 0 Å². The van der Waals surface area contributed by atoms with Gasteiger partial charge in [-0.25, -0.2) is 0 Å². The lowest BCUT2D eigenvalue weighted by atomic mass is 10.3. The zero-order valence-electron chi connectivity index (χ0n) is 15.6. The fourth-order valence-electron chi connectivity index (χ4n) is 2.44. The summed E-state index contributed by atoms with van der Waals surface area (Å²) < 4.78 is 10.5. The Kier molecular flexibility index (Phi) is 9.97. The van der Waals surface area contributed by atoms with Gasteiger partial charge >= 0.3 is 0 Å². The standard InChI is InChI=1S/C16H37NO2Si2/c1-18-11-9-17(10-12-19-2)13-16(14-20(3,4)5)15-21(6,7)8/h14H,9-13,15H2,1-8H3. The lowest BCUT2D eigenvalue weighted by Gasteiger charge is -2.28. The summed E-state index contributed by atoms with van der Waals surface area (Å²) in [5.74, 6) is 0. The second-order valence-corrected chi connectivity index (χ2v) is 18.7. The Balaban J connectivity index is 4.90. The molecule has 0 amide bonds. The molecule has 0 aromatic carbocycles. The average molecular weight is 332 g/mol. The van der Waals surface area contributed by atoms with Crippen molar-refractivity contribution in [3.05, 3.63) is 11.3 Å². The summed E-state index contributed by atoms with van der Waals surface area (Å²) >= 11 is 0. The molecule has 21 heavy (non-hydrogen) atoms. The molecule has 0 aliphatic carbocycles. The van der Waals surface area contributed by atoms with Gasteiger partial charge in [0.15, 0.2) is 0 Å². The van der Waals surface area contributed by atoms with Gasteiger partial charge in [-0.05, 0) is 6.04 Å². The molecule has 0 heterocycles. The van der Waals surface area contributed by atoms with Crippen LogP contribution in [-0.4, -0.2) is 68.1 Å². The highest BCUT2D eigenvalue weighted by atomic mass is 28.3. The number of hydrogen-bond donors (Lipinski definition) is 0. The molecule has 0 aliphatic heterocycles. The summed E-state index contributed by atoms with van der Waals surface area (Å²) in [6, 6.07) is 1.30. The third kappa shape index (κ3) is 13.4. The Morgan fingerprint density at radius 3 is 1.71 bits per heavy atom. The van der Waals surface area contributed by atoms with Crippen LogP contribution in [0.3, 0.4) is 0 Å². The van der Waals surface area contributed by atoms with Gasteiger partial charge in [0.1, 0.15) is 0 Å². The molecule has 0 saturated carbocycles. The molecule has 0 spiro atoms. The maximum Gasteiger partial charge on any atom is 0.0686 e. The van der Waals surface area contributed by atoms with Crippen molar-refractivity contribution in [1.29, 1.82) is 0 Å². The topological polar surface area (TPSA) is 21.7 Å². The molecule has 0 atom stereocenters. The van der Waals surface area contributed by atoms with E-state index in [2.05, 4.69) is 49.9 Å². The number of rotatable bonds is 11. The van der Waals surface area contributed by atoms with Gasteiger partial charge in [-0.1, -0.05) is 50.6 Å². The van der Waals surface area contributed by atoms with E-state index in [0.29, 0.717) is 0 Å². The summed E-state index contributed by atoms with van der Waals surface area (Å²) in [4.78, 5) is 2.47. The molecule has 126 valence electrons. The van der Waals surface area contributed by atoms with E-state index in [0.717, 1.165) is 32.8 Å². The number of ether oxygens (including phenoxy) is 2. The first-order chi connectivity index (χ1) is 9.57. The normalized spacial score (nSPS) is 14.0. The molecule has 0 aromatic heterocycles. The summed E-state index contributed by atoms with van der Waals surface area (Å²) in [6.45, 7) is 19.3. The van der Waals surface area contributed by atoms with Crippen molar-refractivity contribution in [3.63, 3.8) is 0 Å². The molecule has 0 aliphatic rings. The largest absolute Gasteiger partial charge is 0.383 e. The van der Waals surface area contributed by atoms with Crippen LogP contribution in [-0.2, 0) is 9.47 Å². The first-order valence-corrected chi connectivity index (χ1v) is 15.3. The molecular weight excluding hydrogens is 294 g/mol. The monoisotopic (exact) mass is 331 g/mol. The van der Waals surface area contributed by atoms with Gasteiger partial charge in [0, 0.05) is 41.9 Å². The molecule has 0 rings (SSSR count). The van der Waals surface area contributed by atoms with E-state index < -0.39 is 16.1 Å². The molecule has 5 heteroatoms. The molecule has 0 radical (unpaired) electrons. The maximum atomic E-state index is 5.25. The second kappa shape index (κ2) is 9.95. The molecule has 0 unspecified atom stereocenters. The van der Waals surface area contributed by atoms with Crippen LogP contribution >= 0.6 is 0 Å². The molecule has 0 aromatic rings. The Bertz CT molecular complexity index is 298. The summed E-state index contributed by atoms with van der Waals surface area (Å²) in [5, 5.41) is 0. The van der Waals surface area contributed by atoms with Gasteiger partial charge in [0.05, 0.1) is 21.3 Å². The van der Waals surface area contributed by atoms with E-state index >= 15 is 0 Å². The first-order valence-electron chi connectivity index (χ1n) is 7.98. The van der Waals surface area contributed by atoms with Crippen LogP contribution in [0.1, 0.15) is 0 Å². The van der Waals surface area contributed by atoms with Crippen molar-refractivity contribution in [1.82, 2.24) is 4.90 Å². The lowest BCUT2D eigenvalue weighted by Crippen LogP contribution is -2.35. The van der Waals surface area contributed by atoms with Crippen molar-refractivity contribution in [2.75, 3.05) is 47.1 Å². The number of hydrogen-bond acceptors (Lipinski definition) is 3. The quantitative estimate of drug-likeness (QED) is 0.539. The van der Waals surface area contributed by atoms with E-state index in [-0.39, 0.29) is 0 Å². The number of nitrogens with zero attached hydrogens (tertiary/aromatic N) is 1. The zero-order chi connectivity index (χ0) is 16.5. The highest BCUT2D eigenvalue weighted by Crippen LogP contribution is 2.20. The van der Waals surface area contributed by atoms with Crippen molar-refractivity contribution in [3.8, 4) is 0 Å². The van der Waals surface area contributed by atoms with Gasteiger partial charge < -0.3 is 9.47 Å². The van der Waals surface area contributed by atoms with Crippen LogP contribution < -0.4 is 0 Å². The van der Waals surface area contributed by atoms with Gasteiger partial charge in [-0.2, -0.15) is 0 Å². The SMILES string of the molecule is COCCN(CCOC)CC(=C[Si](C)(C)C)C[Si](C)(C)C. The second-order valence-electron chi connectivity index (χ2n) is 8.17. The Labute approximate surface area is 134 Å². The Morgan fingerprint density at radius 2 is 1.38 bits per heavy atom. The van der Waals surface area contributed by atoms with E-state index in [4.69, 9.17) is 9.47 Å². The Hall–Kier alpha value is 0.0538. The summed E-state index contributed by atoms with van der Waals surface area (Å²) in [5.41, 5.74) is 4.25. The molecule has 0 N–H and O–H groups in total. The van der Waals surface area contributed by atoms with Crippen molar-refractivity contribution in [2.24, 2.45) is 0 Å². The fraction of sp³-hybridized carbons (Fsp3) is 0.875. The van der Waals surface area contributed by atoms with E-state index in [1.807, 2.05) is 0 Å². The van der Waals surface area contributed by atoms with Gasteiger partial charge in [0.2, 0.25) is 0 Å². The van der Waals surface area contributed by atoms with Crippen LogP contribution in [0, 0.1) is 0 Å². The molecular formula is C16H37NO2Si2. The molecule has 3 nitrogen and oxygen atoms in total. The zero-order valence-corrected chi connectivity index (χ0v) is 17.6. The van der Waals surface area contributed by atoms with Gasteiger partial charge in [-0.15, -0.1) is 0 Å². The van der Waals surface area contributed by atoms with E-state index in [9.17, 15) is 0 Å². The van der Waals surface area contributed by atoms with Crippen LogP contribution in [0.2, 0.25) is 45.3 Å². The van der Waals surface area contributed by atoms with Crippen LogP contribution in [0.15, 0.2) is 11.3 Å². The minimum atomic E-state index is -1.18. The lowest BCUT2D eigenvalue weighted by molar-refractivity contribution is 0.119. The van der Waals surface area contributed by atoms with Crippen molar-refractivity contribution < 1.29 is 9.47 Å².